The SMILES string of the molecule is CNC(=O)c1nc(-c2cnn(CCCO)c2C)ccc1Nc1nc(Nc2ccc(CO[P+](=O)O)cc2OC)ncc1C(F)(F)F. The van der Waals surface area contributed by atoms with Gasteiger partial charge in [-0.25, -0.2) is 9.97 Å². The number of aromatic nitrogens is 5. The molecule has 1 amide bonds. The Labute approximate surface area is 255 Å². The Morgan fingerprint density at radius 1 is 1.11 bits per heavy atom. The Balaban J connectivity index is 1.70. The monoisotopic (exact) mass is 649 g/mol. The van der Waals surface area contributed by atoms with E-state index < -0.39 is 31.7 Å². The summed E-state index contributed by atoms with van der Waals surface area (Å²) in [4.78, 5) is 34.0. The molecule has 1 atom stereocenters. The number of amides is 1. The van der Waals surface area contributed by atoms with Crippen LogP contribution in [-0.4, -0.2) is 61.4 Å². The second kappa shape index (κ2) is 14.4. The number of aryl methyl sites for hydroxylation is 1. The molecule has 0 spiro atoms. The minimum atomic E-state index is -4.85. The first-order valence-electron chi connectivity index (χ1n) is 13.3. The number of alkyl halides is 3. The molecule has 0 aliphatic heterocycles. The van der Waals surface area contributed by atoms with Gasteiger partial charge in [-0.3, -0.25) is 9.48 Å². The molecule has 0 fully saturated rings. The van der Waals surface area contributed by atoms with Gasteiger partial charge in [0.05, 0.1) is 30.4 Å². The summed E-state index contributed by atoms with van der Waals surface area (Å²) >= 11 is 0. The van der Waals surface area contributed by atoms with Crippen LogP contribution in [0.3, 0.4) is 0 Å². The third-order valence-corrected chi connectivity index (χ3v) is 6.80. The number of pyridine rings is 1. The first kappa shape index (κ1) is 33.2. The molecule has 1 aromatic carbocycles. The van der Waals surface area contributed by atoms with E-state index in [-0.39, 0.29) is 42.0 Å². The van der Waals surface area contributed by atoms with Crippen molar-refractivity contribution in [2.45, 2.75) is 32.7 Å². The zero-order chi connectivity index (χ0) is 32.7. The second-order valence-electron chi connectivity index (χ2n) is 9.37. The molecule has 0 aliphatic rings. The molecule has 0 radical (unpaired) electrons. The molecule has 0 bridgehead atoms. The molecule has 4 rings (SSSR count). The van der Waals surface area contributed by atoms with Gasteiger partial charge in [0.1, 0.15) is 23.7 Å². The largest absolute Gasteiger partial charge is 0.695 e. The van der Waals surface area contributed by atoms with Gasteiger partial charge in [0.2, 0.25) is 5.95 Å². The van der Waals surface area contributed by atoms with E-state index in [1.54, 1.807) is 23.9 Å². The summed E-state index contributed by atoms with van der Waals surface area (Å²) in [5.74, 6) is -1.31. The fourth-order valence-electron chi connectivity index (χ4n) is 4.20. The van der Waals surface area contributed by atoms with Gasteiger partial charge in [0.25, 0.3) is 5.91 Å². The lowest BCUT2D eigenvalue weighted by Gasteiger charge is -2.17. The molecule has 5 N–H and O–H groups in total. The van der Waals surface area contributed by atoms with Gasteiger partial charge in [-0.15, -0.1) is 9.42 Å². The summed E-state index contributed by atoms with van der Waals surface area (Å²) in [5.41, 5.74) is 1.03. The van der Waals surface area contributed by atoms with Crippen LogP contribution in [0.1, 0.15) is 33.7 Å². The molecule has 18 heteroatoms. The lowest BCUT2D eigenvalue weighted by atomic mass is 10.1. The third-order valence-electron chi connectivity index (χ3n) is 6.45. The number of benzene rings is 1. The smallest absolute Gasteiger partial charge is 0.495 e. The van der Waals surface area contributed by atoms with Gasteiger partial charge in [-0.2, -0.15) is 23.3 Å². The lowest BCUT2D eigenvalue weighted by molar-refractivity contribution is -0.137. The van der Waals surface area contributed by atoms with E-state index in [0.717, 1.165) is 5.69 Å². The zero-order valence-electron chi connectivity index (χ0n) is 24.2. The van der Waals surface area contributed by atoms with E-state index in [1.807, 2.05) is 0 Å². The van der Waals surface area contributed by atoms with Gasteiger partial charge in [0.15, 0.2) is 5.69 Å². The number of anilines is 4. The average Bonchev–Trinajstić information content (AvgIpc) is 3.38. The number of aliphatic hydroxyl groups excluding tert-OH is 1. The molecular formula is C27H29F3N8O6P+. The maximum atomic E-state index is 14.0. The fraction of sp³-hybridized carbons (Fsp3) is 0.296. The Morgan fingerprint density at radius 2 is 1.87 bits per heavy atom. The zero-order valence-corrected chi connectivity index (χ0v) is 25.1. The molecule has 1 unspecified atom stereocenters. The van der Waals surface area contributed by atoms with E-state index in [9.17, 15) is 22.5 Å². The number of halogens is 3. The summed E-state index contributed by atoms with van der Waals surface area (Å²) < 4.78 is 64.6. The molecule has 4 aromatic rings. The summed E-state index contributed by atoms with van der Waals surface area (Å²) in [7, 11) is -0.0939. The highest BCUT2D eigenvalue weighted by Gasteiger charge is 2.36. The molecule has 14 nitrogen and oxygen atoms in total. The number of methoxy groups -OCH3 is 1. The maximum Gasteiger partial charge on any atom is 0.695 e. The first-order valence-corrected chi connectivity index (χ1v) is 14.4. The Morgan fingerprint density at radius 3 is 2.53 bits per heavy atom. The van der Waals surface area contributed by atoms with Gasteiger partial charge in [0, 0.05) is 42.2 Å². The number of nitrogens with one attached hydrogen (secondary N) is 3. The molecular weight excluding hydrogens is 620 g/mol. The molecule has 0 saturated carbocycles. The quantitative estimate of drug-likeness (QED) is 0.128. The van der Waals surface area contributed by atoms with Crippen LogP contribution in [0.2, 0.25) is 0 Å². The summed E-state index contributed by atoms with van der Waals surface area (Å²) in [5, 5.41) is 21.3. The maximum absolute atomic E-state index is 14.0. The van der Waals surface area contributed by atoms with Crippen molar-refractivity contribution in [2.24, 2.45) is 0 Å². The van der Waals surface area contributed by atoms with Gasteiger partial charge < -0.3 is 25.8 Å². The molecule has 45 heavy (non-hydrogen) atoms. The third kappa shape index (κ3) is 8.07. The summed E-state index contributed by atoms with van der Waals surface area (Å²) in [6.07, 6.45) is -2.22. The molecule has 0 saturated heterocycles. The van der Waals surface area contributed by atoms with Crippen LogP contribution >= 0.6 is 8.25 Å². The van der Waals surface area contributed by atoms with E-state index in [4.69, 9.17) is 19.3 Å². The fourth-order valence-corrected chi connectivity index (χ4v) is 4.46. The number of carbonyl (C=O) groups is 1. The topological polar surface area (TPSA) is 186 Å². The summed E-state index contributed by atoms with van der Waals surface area (Å²) in [6, 6.07) is 7.51. The summed E-state index contributed by atoms with van der Waals surface area (Å²) in [6.45, 7) is 2.07. The first-order chi connectivity index (χ1) is 21.4. The van der Waals surface area contributed by atoms with E-state index in [2.05, 4.69) is 36.0 Å². The van der Waals surface area contributed by atoms with Crippen LogP contribution in [0.25, 0.3) is 11.3 Å². The number of ether oxygens (including phenoxy) is 1. The van der Waals surface area contributed by atoms with Crippen molar-refractivity contribution in [3.05, 3.63) is 65.2 Å². The second-order valence-corrected chi connectivity index (χ2v) is 10.1. The van der Waals surface area contributed by atoms with Crippen molar-refractivity contribution in [2.75, 3.05) is 31.4 Å². The van der Waals surface area contributed by atoms with Crippen LogP contribution in [0.15, 0.2) is 42.7 Å². The van der Waals surface area contributed by atoms with Crippen molar-refractivity contribution >= 4 is 37.3 Å². The Hall–Kier alpha value is -4.70. The van der Waals surface area contributed by atoms with Gasteiger partial charge in [-0.1, -0.05) is 6.07 Å². The van der Waals surface area contributed by atoms with E-state index in [0.29, 0.717) is 36.0 Å². The minimum absolute atomic E-state index is 0.0145. The highest BCUT2D eigenvalue weighted by atomic mass is 31.1. The van der Waals surface area contributed by atoms with E-state index in [1.165, 1.54) is 38.4 Å². The average molecular weight is 650 g/mol. The molecule has 3 aromatic heterocycles. The normalized spacial score (nSPS) is 11.7. The van der Waals surface area contributed by atoms with Crippen LogP contribution in [0.4, 0.5) is 36.3 Å². The number of hydrogen-bond acceptors (Lipinski definition) is 11. The van der Waals surface area contributed by atoms with Crippen LogP contribution in [0.5, 0.6) is 5.75 Å². The van der Waals surface area contributed by atoms with Crippen molar-refractivity contribution in [1.29, 1.82) is 0 Å². The van der Waals surface area contributed by atoms with Crippen molar-refractivity contribution in [1.82, 2.24) is 30.0 Å². The number of nitrogens with zero attached hydrogens (tertiary/aromatic N) is 5. The standard InChI is InChI=1S/C27H28F3N8O6P/c1-15-17(12-33-38(15)9-4-10-39)19-7-8-21(23(34-19)25(40)31-2)35-24-18(27(28,29)30)13-32-26(37-24)36-20-6-5-16(11-22(20)43-3)14-44-45(41)42/h5-8,11-13,39H,4,9-10,14H2,1-3H3,(H3-,31,32,35,36,37,40,41,42)/p+1. The van der Waals surface area contributed by atoms with Crippen molar-refractivity contribution < 1.29 is 41.8 Å². The molecule has 238 valence electrons. The Kier molecular flexibility index (Phi) is 10.6. The van der Waals surface area contributed by atoms with Crippen LogP contribution in [0, 0.1) is 6.92 Å². The van der Waals surface area contributed by atoms with Crippen molar-refractivity contribution in [3.8, 4) is 17.0 Å². The predicted octanol–water partition coefficient (Wildman–Crippen LogP) is 4.47. The minimum Gasteiger partial charge on any atom is -0.495 e. The number of carbonyl (C=O) groups excluding carboxylic acids is 1. The van der Waals surface area contributed by atoms with Gasteiger partial charge >= 0.3 is 14.4 Å². The highest BCUT2D eigenvalue weighted by molar-refractivity contribution is 7.32. The van der Waals surface area contributed by atoms with Crippen LogP contribution in [-0.2, 0) is 28.4 Å². The molecule has 0 aliphatic carbocycles. The van der Waals surface area contributed by atoms with Crippen LogP contribution < -0.4 is 20.7 Å². The van der Waals surface area contributed by atoms with E-state index >= 15 is 0 Å². The van der Waals surface area contributed by atoms with Crippen molar-refractivity contribution in [3.63, 3.8) is 0 Å². The van der Waals surface area contributed by atoms with Gasteiger partial charge in [-0.05, 0) is 43.2 Å². The molecule has 3 heterocycles. The number of hydrogen-bond donors (Lipinski definition) is 5. The number of aliphatic hydroxyl groups is 1. The lowest BCUT2D eigenvalue weighted by Crippen LogP contribution is -2.21. The Bertz CT molecular complexity index is 1700. The predicted molar refractivity (Wildman–Crippen MR) is 156 cm³/mol. The number of rotatable bonds is 13. The highest BCUT2D eigenvalue weighted by Crippen LogP contribution is 2.37.